The predicted molar refractivity (Wildman–Crippen MR) is 129 cm³/mol. The average molecular weight is 524 g/mol. The number of imidazole rings is 1. The number of guanidine groups is 1. The summed E-state index contributed by atoms with van der Waals surface area (Å²) in [5, 5.41) is 3.50. The number of nitrogens with one attached hydrogen (secondary N) is 1. The molecule has 0 bridgehead atoms. The van der Waals surface area contributed by atoms with Crippen molar-refractivity contribution in [1.82, 2.24) is 24.8 Å². The number of rotatable bonds is 5. The molecule has 8 heteroatoms. The molecular formula is C22H33IN6O. The Balaban J connectivity index is 0.00000256. The molecular weight excluding hydrogens is 491 g/mol. The topological polar surface area (TPSA) is 67.6 Å². The van der Waals surface area contributed by atoms with Gasteiger partial charge in [-0.1, -0.05) is 13.0 Å². The zero-order valence-corrected chi connectivity index (χ0v) is 20.2. The van der Waals surface area contributed by atoms with Crippen LogP contribution in [0.2, 0.25) is 0 Å². The van der Waals surface area contributed by atoms with E-state index in [1.54, 1.807) is 0 Å². The fourth-order valence-electron chi connectivity index (χ4n) is 4.37. The summed E-state index contributed by atoms with van der Waals surface area (Å²) in [6.07, 6.45) is 14.0. The summed E-state index contributed by atoms with van der Waals surface area (Å²) in [5.74, 6) is 2.29. The van der Waals surface area contributed by atoms with Gasteiger partial charge in [0.25, 0.3) is 0 Å². The number of hydrogen-bond acceptors (Lipinski definition) is 4. The fraction of sp³-hybridized carbons (Fsp3) is 0.591. The summed E-state index contributed by atoms with van der Waals surface area (Å²) in [4.78, 5) is 15.6. The molecule has 4 rings (SSSR count). The first-order chi connectivity index (χ1) is 14.2. The van der Waals surface area contributed by atoms with E-state index in [0.29, 0.717) is 24.6 Å². The molecule has 2 fully saturated rings. The molecule has 3 heterocycles. The third-order valence-corrected chi connectivity index (χ3v) is 6.18. The summed E-state index contributed by atoms with van der Waals surface area (Å²) < 4.78 is 8.18. The zero-order valence-electron chi connectivity index (χ0n) is 17.9. The van der Waals surface area contributed by atoms with Crippen LogP contribution in [0.4, 0.5) is 0 Å². The summed E-state index contributed by atoms with van der Waals surface area (Å²) in [5.41, 5.74) is 1.13. The number of ether oxygens (including phenoxy) is 1. The van der Waals surface area contributed by atoms with Gasteiger partial charge in [-0.25, -0.2) is 9.97 Å². The Morgan fingerprint density at radius 3 is 2.77 bits per heavy atom. The van der Waals surface area contributed by atoms with Gasteiger partial charge in [-0.2, -0.15) is 0 Å². The molecule has 2 aliphatic rings. The van der Waals surface area contributed by atoms with Crippen LogP contribution in [-0.4, -0.2) is 51.6 Å². The third kappa shape index (κ3) is 5.65. The van der Waals surface area contributed by atoms with Crippen LogP contribution < -0.4 is 10.1 Å². The molecule has 7 nitrogen and oxygen atoms in total. The molecule has 2 unspecified atom stereocenters. The summed E-state index contributed by atoms with van der Waals surface area (Å²) in [6, 6.07) is 4.48. The van der Waals surface area contributed by atoms with Crippen LogP contribution >= 0.6 is 24.0 Å². The van der Waals surface area contributed by atoms with Gasteiger partial charge in [0, 0.05) is 51.3 Å². The number of piperidine rings is 1. The molecule has 0 aromatic carbocycles. The molecule has 2 atom stereocenters. The maximum Gasteiger partial charge on any atom is 0.213 e. The van der Waals surface area contributed by atoms with E-state index in [-0.39, 0.29) is 24.0 Å². The van der Waals surface area contributed by atoms with Gasteiger partial charge in [0.05, 0.1) is 12.4 Å². The lowest BCUT2D eigenvalue weighted by atomic mass is 9.93. The first-order valence-electron chi connectivity index (χ1n) is 10.8. The van der Waals surface area contributed by atoms with E-state index in [4.69, 9.17) is 4.74 Å². The molecule has 30 heavy (non-hydrogen) atoms. The molecule has 1 saturated carbocycles. The number of aliphatic imine (C=N–C) groups is 1. The second kappa shape index (κ2) is 11.0. The van der Waals surface area contributed by atoms with Crippen molar-refractivity contribution in [3.63, 3.8) is 0 Å². The second-order valence-electron chi connectivity index (χ2n) is 8.22. The Labute approximate surface area is 196 Å². The average Bonchev–Trinajstić information content (AvgIpc) is 3.45. The molecule has 0 radical (unpaired) electrons. The zero-order chi connectivity index (χ0) is 20.1. The van der Waals surface area contributed by atoms with Crippen LogP contribution in [0.25, 0.3) is 0 Å². The standard InChI is InChI=1S/C22H32N6O.HI/c1-17-9-11-27(15-20(17)28-12-10-24-16-28)22(23-2)26-14-18-7-8-21(25-13-18)29-19-5-3-4-6-19;/h7-8,10,12-13,16-17,19-20H,3-6,9,11,14-15H2,1-2H3,(H,23,26);1H. The summed E-state index contributed by atoms with van der Waals surface area (Å²) in [7, 11) is 1.85. The van der Waals surface area contributed by atoms with Crippen molar-refractivity contribution in [2.45, 2.75) is 57.7 Å². The summed E-state index contributed by atoms with van der Waals surface area (Å²) in [6.45, 7) is 4.96. The maximum atomic E-state index is 5.96. The number of pyridine rings is 1. The number of aromatic nitrogens is 3. The van der Waals surface area contributed by atoms with E-state index in [1.165, 1.54) is 12.8 Å². The normalized spacial score (nSPS) is 22.6. The highest BCUT2D eigenvalue weighted by Gasteiger charge is 2.28. The van der Waals surface area contributed by atoms with E-state index >= 15 is 0 Å². The molecule has 164 valence electrons. The first kappa shape index (κ1) is 22.8. The molecule has 0 amide bonds. The van der Waals surface area contributed by atoms with Gasteiger partial charge in [0.15, 0.2) is 5.96 Å². The van der Waals surface area contributed by atoms with Crippen molar-refractivity contribution in [2.75, 3.05) is 20.1 Å². The number of hydrogen-bond donors (Lipinski definition) is 1. The second-order valence-corrected chi connectivity index (χ2v) is 8.22. The number of nitrogens with zero attached hydrogens (tertiary/aromatic N) is 5. The fourth-order valence-corrected chi connectivity index (χ4v) is 4.37. The van der Waals surface area contributed by atoms with Crippen LogP contribution in [0.3, 0.4) is 0 Å². The van der Waals surface area contributed by atoms with Gasteiger partial charge < -0.3 is 19.5 Å². The van der Waals surface area contributed by atoms with Gasteiger partial charge in [0.2, 0.25) is 5.88 Å². The minimum Gasteiger partial charge on any atom is -0.474 e. The van der Waals surface area contributed by atoms with Gasteiger partial charge >= 0.3 is 0 Å². The Morgan fingerprint density at radius 1 is 1.27 bits per heavy atom. The quantitative estimate of drug-likeness (QED) is 0.366. The Morgan fingerprint density at radius 2 is 2.10 bits per heavy atom. The highest BCUT2D eigenvalue weighted by atomic mass is 127. The smallest absolute Gasteiger partial charge is 0.213 e. The molecule has 2 aromatic heterocycles. The molecule has 1 N–H and O–H groups in total. The monoisotopic (exact) mass is 524 g/mol. The van der Waals surface area contributed by atoms with Gasteiger partial charge in [-0.05, 0) is 43.6 Å². The largest absolute Gasteiger partial charge is 0.474 e. The van der Waals surface area contributed by atoms with E-state index in [0.717, 1.165) is 49.8 Å². The molecule has 1 aliphatic carbocycles. The van der Waals surface area contributed by atoms with Crippen LogP contribution in [-0.2, 0) is 6.54 Å². The van der Waals surface area contributed by atoms with E-state index in [2.05, 4.69) is 48.9 Å². The van der Waals surface area contributed by atoms with Gasteiger partial charge in [0.1, 0.15) is 6.10 Å². The Hall–Kier alpha value is -1.84. The third-order valence-electron chi connectivity index (χ3n) is 6.18. The lowest BCUT2D eigenvalue weighted by molar-refractivity contribution is 0.189. The van der Waals surface area contributed by atoms with Crippen LogP contribution in [0.5, 0.6) is 5.88 Å². The lowest BCUT2D eigenvalue weighted by Gasteiger charge is -2.39. The van der Waals surface area contributed by atoms with Crippen LogP contribution in [0.1, 0.15) is 50.6 Å². The molecule has 0 spiro atoms. The Kier molecular flexibility index (Phi) is 8.35. The van der Waals surface area contributed by atoms with Crippen molar-refractivity contribution < 1.29 is 4.74 Å². The molecule has 2 aromatic rings. The maximum absolute atomic E-state index is 5.96. The SMILES string of the molecule is CN=C(NCc1ccc(OC2CCCC2)nc1)N1CCC(C)C(n2ccnc2)C1.I. The van der Waals surface area contributed by atoms with Crippen molar-refractivity contribution in [3.8, 4) is 5.88 Å². The lowest BCUT2D eigenvalue weighted by Crippen LogP contribution is -2.48. The first-order valence-corrected chi connectivity index (χ1v) is 10.8. The highest BCUT2D eigenvalue weighted by Crippen LogP contribution is 2.27. The summed E-state index contributed by atoms with van der Waals surface area (Å²) >= 11 is 0. The van der Waals surface area contributed by atoms with Crippen molar-refractivity contribution >= 4 is 29.9 Å². The molecule has 1 saturated heterocycles. The highest BCUT2D eigenvalue weighted by molar-refractivity contribution is 14.0. The predicted octanol–water partition coefficient (Wildman–Crippen LogP) is 3.88. The number of halogens is 1. The van der Waals surface area contributed by atoms with Crippen molar-refractivity contribution in [2.24, 2.45) is 10.9 Å². The van der Waals surface area contributed by atoms with Crippen molar-refractivity contribution in [3.05, 3.63) is 42.6 Å². The van der Waals surface area contributed by atoms with Crippen molar-refractivity contribution in [1.29, 1.82) is 0 Å². The Bertz CT molecular complexity index is 788. The number of likely N-dealkylation sites (tertiary alicyclic amines) is 1. The van der Waals surface area contributed by atoms with E-state index in [9.17, 15) is 0 Å². The minimum atomic E-state index is 0. The van der Waals surface area contributed by atoms with Crippen LogP contribution in [0.15, 0.2) is 42.0 Å². The van der Waals surface area contributed by atoms with Gasteiger partial charge in [-0.15, -0.1) is 24.0 Å². The van der Waals surface area contributed by atoms with Crippen LogP contribution in [0, 0.1) is 5.92 Å². The van der Waals surface area contributed by atoms with Gasteiger partial charge in [-0.3, -0.25) is 4.99 Å². The minimum absolute atomic E-state index is 0. The van der Waals surface area contributed by atoms with E-state index in [1.807, 2.05) is 31.8 Å². The molecule has 1 aliphatic heterocycles. The van der Waals surface area contributed by atoms with E-state index < -0.39 is 0 Å².